The van der Waals surface area contributed by atoms with E-state index in [0.29, 0.717) is 12.2 Å². The number of furan rings is 1. The minimum Gasteiger partial charge on any atom is -0.468 e. The maximum Gasteiger partial charge on any atom is 0.279 e. The highest BCUT2D eigenvalue weighted by Crippen LogP contribution is 2.14. The van der Waals surface area contributed by atoms with Crippen molar-refractivity contribution in [2.45, 2.75) is 19.4 Å². The second-order valence-corrected chi connectivity index (χ2v) is 5.57. The second-order valence-electron chi connectivity index (χ2n) is 3.76. The van der Waals surface area contributed by atoms with Gasteiger partial charge in [0.25, 0.3) is 10.2 Å². The highest BCUT2D eigenvalue weighted by Gasteiger charge is 2.21. The Kier molecular flexibility index (Phi) is 5.13. The molecule has 0 aliphatic carbocycles. The molecule has 0 amide bonds. The van der Waals surface area contributed by atoms with Crippen molar-refractivity contribution in [3.05, 3.63) is 24.2 Å². The molecule has 1 unspecified atom stereocenters. The van der Waals surface area contributed by atoms with Crippen LogP contribution in [-0.4, -0.2) is 38.0 Å². The summed E-state index contributed by atoms with van der Waals surface area (Å²) >= 11 is 0. The first-order chi connectivity index (χ1) is 7.97. The summed E-state index contributed by atoms with van der Waals surface area (Å²) in [7, 11) is -2.08. The smallest absolute Gasteiger partial charge is 0.279 e. The van der Waals surface area contributed by atoms with Crippen LogP contribution in [0, 0.1) is 0 Å². The van der Waals surface area contributed by atoms with Gasteiger partial charge in [-0.05, 0) is 25.5 Å². The summed E-state index contributed by atoms with van der Waals surface area (Å²) in [5.41, 5.74) is 0. The van der Waals surface area contributed by atoms with Crippen molar-refractivity contribution in [2.24, 2.45) is 0 Å². The van der Waals surface area contributed by atoms with Crippen LogP contribution in [0.15, 0.2) is 22.8 Å². The molecule has 7 heteroatoms. The van der Waals surface area contributed by atoms with Crippen molar-refractivity contribution in [3.63, 3.8) is 0 Å². The summed E-state index contributed by atoms with van der Waals surface area (Å²) < 4.78 is 32.4. The Labute approximate surface area is 101 Å². The number of rotatable bonds is 7. The third-order valence-corrected chi connectivity index (χ3v) is 3.99. The zero-order chi connectivity index (χ0) is 12.9. The fraction of sp³-hybridized carbons (Fsp3) is 0.600. The van der Waals surface area contributed by atoms with E-state index in [2.05, 4.69) is 4.72 Å². The van der Waals surface area contributed by atoms with E-state index in [4.69, 9.17) is 9.52 Å². The average molecular weight is 262 g/mol. The predicted octanol–water partition coefficient (Wildman–Crippen LogP) is 0.489. The summed E-state index contributed by atoms with van der Waals surface area (Å²) in [4.78, 5) is 0. The van der Waals surface area contributed by atoms with Gasteiger partial charge in [-0.25, -0.2) is 0 Å². The zero-order valence-electron chi connectivity index (χ0n) is 9.96. The fourth-order valence-electron chi connectivity index (χ4n) is 1.32. The number of aliphatic hydroxyl groups excluding tert-OH is 1. The molecule has 6 nitrogen and oxygen atoms in total. The van der Waals surface area contributed by atoms with E-state index in [-0.39, 0.29) is 13.2 Å². The van der Waals surface area contributed by atoms with Crippen molar-refractivity contribution < 1.29 is 17.9 Å². The molecule has 0 aliphatic heterocycles. The lowest BCUT2D eigenvalue weighted by Crippen LogP contribution is -2.40. The Balaban J connectivity index is 2.60. The Hall–Kier alpha value is -0.890. The van der Waals surface area contributed by atoms with E-state index in [0.717, 1.165) is 0 Å². The van der Waals surface area contributed by atoms with Gasteiger partial charge in [0.2, 0.25) is 0 Å². The fourth-order valence-corrected chi connectivity index (χ4v) is 2.44. The van der Waals surface area contributed by atoms with Gasteiger partial charge >= 0.3 is 0 Å². The van der Waals surface area contributed by atoms with E-state index in [1.165, 1.54) is 17.6 Å². The second kappa shape index (κ2) is 6.15. The van der Waals surface area contributed by atoms with Crippen molar-refractivity contribution in [1.29, 1.82) is 0 Å². The first-order valence-corrected chi connectivity index (χ1v) is 6.79. The van der Waals surface area contributed by atoms with Crippen LogP contribution < -0.4 is 4.72 Å². The van der Waals surface area contributed by atoms with Crippen LogP contribution in [0.2, 0.25) is 0 Å². The van der Waals surface area contributed by atoms with E-state index >= 15 is 0 Å². The topological polar surface area (TPSA) is 82.8 Å². The van der Waals surface area contributed by atoms with Crippen LogP contribution in [0.4, 0.5) is 0 Å². The molecule has 0 aromatic carbocycles. The largest absolute Gasteiger partial charge is 0.468 e. The molecule has 17 heavy (non-hydrogen) atoms. The number of aliphatic hydroxyl groups is 1. The highest BCUT2D eigenvalue weighted by atomic mass is 32.2. The highest BCUT2D eigenvalue weighted by molar-refractivity contribution is 7.87. The first-order valence-electron chi connectivity index (χ1n) is 5.35. The Bertz CT molecular complexity index is 416. The van der Waals surface area contributed by atoms with Gasteiger partial charge in [-0.15, -0.1) is 0 Å². The van der Waals surface area contributed by atoms with Gasteiger partial charge < -0.3 is 9.52 Å². The van der Waals surface area contributed by atoms with Crippen LogP contribution in [0.1, 0.15) is 25.1 Å². The van der Waals surface area contributed by atoms with Gasteiger partial charge in [0.1, 0.15) is 5.76 Å². The quantitative estimate of drug-likeness (QED) is 0.749. The van der Waals surface area contributed by atoms with Crippen molar-refractivity contribution in [1.82, 2.24) is 9.03 Å². The number of nitrogens with zero attached hydrogens (tertiary/aromatic N) is 1. The molecule has 1 aromatic rings. The van der Waals surface area contributed by atoms with Crippen LogP contribution in [0.3, 0.4) is 0 Å². The minimum absolute atomic E-state index is 0.0341. The molecular weight excluding hydrogens is 244 g/mol. The molecule has 1 atom stereocenters. The molecule has 0 fully saturated rings. The van der Waals surface area contributed by atoms with Crippen LogP contribution in [0.25, 0.3) is 0 Å². The van der Waals surface area contributed by atoms with Crippen LogP contribution in [0.5, 0.6) is 0 Å². The number of hydrogen-bond donors (Lipinski definition) is 2. The lowest BCUT2D eigenvalue weighted by molar-refractivity contribution is 0.275. The zero-order valence-corrected chi connectivity index (χ0v) is 10.8. The van der Waals surface area contributed by atoms with E-state index in [1.54, 1.807) is 19.1 Å². The maximum atomic E-state index is 11.8. The van der Waals surface area contributed by atoms with Crippen molar-refractivity contribution in [2.75, 3.05) is 20.2 Å². The normalized spacial score (nSPS) is 14.1. The predicted molar refractivity (Wildman–Crippen MR) is 63.5 cm³/mol. The van der Waals surface area contributed by atoms with E-state index in [9.17, 15) is 8.42 Å². The van der Waals surface area contributed by atoms with Gasteiger partial charge in [-0.2, -0.15) is 17.4 Å². The van der Waals surface area contributed by atoms with E-state index < -0.39 is 16.3 Å². The SMILES string of the molecule is CC(NS(=O)(=O)N(C)CCCO)c1ccco1. The van der Waals surface area contributed by atoms with Gasteiger partial charge in [0.05, 0.1) is 12.3 Å². The van der Waals surface area contributed by atoms with Gasteiger partial charge in [0, 0.05) is 20.2 Å². The molecular formula is C10H18N2O4S. The summed E-state index contributed by atoms with van der Waals surface area (Å²) in [6, 6.07) is 2.99. The number of nitrogens with one attached hydrogen (secondary N) is 1. The third-order valence-electron chi connectivity index (χ3n) is 2.34. The standard InChI is InChI=1S/C10H18N2O4S/c1-9(10-5-3-8-16-10)11-17(14,15)12(2)6-4-7-13/h3,5,8-9,11,13H,4,6-7H2,1-2H3. The average Bonchev–Trinajstić information content (AvgIpc) is 2.78. The molecule has 0 saturated heterocycles. The molecule has 0 saturated carbocycles. The third kappa shape index (κ3) is 4.12. The molecule has 0 aliphatic rings. The summed E-state index contributed by atoms with van der Waals surface area (Å²) in [6.45, 7) is 1.95. The lowest BCUT2D eigenvalue weighted by atomic mass is 10.3. The molecule has 2 N–H and O–H groups in total. The van der Waals surface area contributed by atoms with Gasteiger partial charge in [-0.3, -0.25) is 0 Å². The molecule has 98 valence electrons. The van der Waals surface area contributed by atoms with Gasteiger partial charge in [0.15, 0.2) is 0 Å². The maximum absolute atomic E-state index is 11.8. The Morgan fingerprint density at radius 2 is 2.29 bits per heavy atom. The van der Waals surface area contributed by atoms with Crippen molar-refractivity contribution >= 4 is 10.2 Å². The molecule has 0 spiro atoms. The molecule has 0 radical (unpaired) electrons. The van der Waals surface area contributed by atoms with Crippen LogP contribution in [-0.2, 0) is 10.2 Å². The summed E-state index contributed by atoms with van der Waals surface area (Å²) in [5, 5.41) is 8.66. The number of hydrogen-bond acceptors (Lipinski definition) is 4. The molecule has 1 rings (SSSR count). The van der Waals surface area contributed by atoms with Crippen LogP contribution >= 0.6 is 0 Å². The minimum atomic E-state index is -3.55. The monoisotopic (exact) mass is 262 g/mol. The molecule has 0 bridgehead atoms. The Morgan fingerprint density at radius 1 is 1.59 bits per heavy atom. The van der Waals surface area contributed by atoms with Gasteiger partial charge in [-0.1, -0.05) is 0 Å². The van der Waals surface area contributed by atoms with Crippen molar-refractivity contribution in [3.8, 4) is 0 Å². The van der Waals surface area contributed by atoms with E-state index in [1.807, 2.05) is 0 Å². The summed E-state index contributed by atoms with van der Waals surface area (Å²) in [6.07, 6.45) is 1.90. The first kappa shape index (κ1) is 14.2. The lowest BCUT2D eigenvalue weighted by Gasteiger charge is -2.19. The molecule has 1 aromatic heterocycles. The Morgan fingerprint density at radius 3 is 2.82 bits per heavy atom. The molecule has 1 heterocycles. The summed E-state index contributed by atoms with van der Waals surface area (Å²) in [5.74, 6) is 0.559.